The van der Waals surface area contributed by atoms with E-state index in [-0.39, 0.29) is 28.9 Å². The molecule has 146 valence electrons. The number of H-pyrrole nitrogens is 1. The van der Waals surface area contributed by atoms with Crippen molar-refractivity contribution in [2.24, 2.45) is 5.41 Å². The average Bonchev–Trinajstić information content (AvgIpc) is 3.19. The van der Waals surface area contributed by atoms with Crippen LogP contribution in [0, 0.1) is 5.41 Å². The normalized spacial score (nSPS) is 12.6. The Kier molecular flexibility index (Phi) is 5.39. The Morgan fingerprint density at radius 1 is 1.29 bits per heavy atom. The van der Waals surface area contributed by atoms with Crippen LogP contribution in [-0.4, -0.2) is 20.9 Å². The zero-order chi connectivity index (χ0) is 20.3. The number of carbonyl (C=O) groups excluding carboxylic acids is 1. The Bertz CT molecular complexity index is 1010. The summed E-state index contributed by atoms with van der Waals surface area (Å²) in [5.74, 6) is -0.323. The minimum atomic E-state index is -0.548. The van der Waals surface area contributed by atoms with Crippen molar-refractivity contribution in [1.82, 2.24) is 20.3 Å². The molecule has 0 radical (unpaired) electrons. The van der Waals surface area contributed by atoms with Gasteiger partial charge in [0.25, 0.3) is 17.4 Å². The molecular weight excluding hydrogens is 363 g/mol. The minimum Gasteiger partial charge on any atom is -0.442 e. The van der Waals surface area contributed by atoms with Crippen molar-refractivity contribution in [2.45, 2.75) is 33.5 Å². The SMILES string of the molecule is CC(C)(C)C(NC(=O)c1cc(=O)[nH]c(-c2ncco2)n1)c1ccc(CF)cc1. The number of oxazole rings is 1. The van der Waals surface area contributed by atoms with Crippen molar-refractivity contribution in [2.75, 3.05) is 0 Å². The summed E-state index contributed by atoms with van der Waals surface area (Å²) in [6.07, 6.45) is 2.76. The van der Waals surface area contributed by atoms with Gasteiger partial charge in [0.15, 0.2) is 5.82 Å². The molecule has 1 atom stereocenters. The van der Waals surface area contributed by atoms with Crippen molar-refractivity contribution in [1.29, 1.82) is 0 Å². The van der Waals surface area contributed by atoms with Crippen molar-refractivity contribution in [3.05, 3.63) is 70.0 Å². The van der Waals surface area contributed by atoms with Crippen LogP contribution in [0.5, 0.6) is 0 Å². The van der Waals surface area contributed by atoms with Gasteiger partial charge in [-0.15, -0.1) is 0 Å². The third kappa shape index (κ3) is 4.33. The molecule has 2 heterocycles. The van der Waals surface area contributed by atoms with Crippen molar-refractivity contribution in [3.8, 4) is 11.7 Å². The fourth-order valence-corrected chi connectivity index (χ4v) is 2.82. The maximum absolute atomic E-state index is 12.8. The molecule has 0 saturated heterocycles. The van der Waals surface area contributed by atoms with Crippen LogP contribution < -0.4 is 10.9 Å². The molecule has 8 heteroatoms. The topological polar surface area (TPSA) is 101 Å². The van der Waals surface area contributed by atoms with Crippen molar-refractivity contribution < 1.29 is 13.6 Å². The molecule has 1 aromatic carbocycles. The van der Waals surface area contributed by atoms with Gasteiger partial charge in [-0.25, -0.2) is 14.4 Å². The average molecular weight is 384 g/mol. The summed E-state index contributed by atoms with van der Waals surface area (Å²) in [4.78, 5) is 35.4. The van der Waals surface area contributed by atoms with E-state index in [4.69, 9.17) is 4.42 Å². The van der Waals surface area contributed by atoms with Crippen LogP contribution in [0.1, 0.15) is 48.4 Å². The highest BCUT2D eigenvalue weighted by Gasteiger charge is 2.29. The fraction of sp³-hybridized carbons (Fsp3) is 0.300. The van der Waals surface area contributed by atoms with Gasteiger partial charge in [0, 0.05) is 6.07 Å². The van der Waals surface area contributed by atoms with Gasteiger partial charge in [0.1, 0.15) is 18.6 Å². The molecule has 1 unspecified atom stereocenters. The molecule has 0 aliphatic rings. The molecule has 0 aliphatic carbocycles. The van der Waals surface area contributed by atoms with Gasteiger partial charge in [-0.2, -0.15) is 0 Å². The first kappa shape index (κ1) is 19.5. The molecule has 7 nitrogen and oxygen atoms in total. The second-order valence-corrected chi connectivity index (χ2v) is 7.46. The molecular formula is C20H21FN4O3. The second kappa shape index (κ2) is 7.75. The van der Waals surface area contributed by atoms with Gasteiger partial charge in [-0.05, 0) is 16.5 Å². The maximum Gasteiger partial charge on any atom is 0.270 e. The quantitative estimate of drug-likeness (QED) is 0.702. The summed E-state index contributed by atoms with van der Waals surface area (Å²) in [5.41, 5.74) is 0.518. The number of aromatic amines is 1. The van der Waals surface area contributed by atoms with E-state index in [2.05, 4.69) is 20.3 Å². The van der Waals surface area contributed by atoms with Crippen LogP contribution >= 0.6 is 0 Å². The number of hydrogen-bond donors (Lipinski definition) is 2. The number of nitrogens with one attached hydrogen (secondary N) is 2. The third-order valence-corrected chi connectivity index (χ3v) is 4.22. The Morgan fingerprint density at radius 3 is 2.57 bits per heavy atom. The number of rotatable bonds is 5. The maximum atomic E-state index is 12.8. The van der Waals surface area contributed by atoms with E-state index in [1.54, 1.807) is 24.3 Å². The molecule has 28 heavy (non-hydrogen) atoms. The van der Waals surface area contributed by atoms with Crippen molar-refractivity contribution in [3.63, 3.8) is 0 Å². The number of nitrogens with zero attached hydrogens (tertiary/aromatic N) is 2. The standard InChI is InChI=1S/C20H21FN4O3/c1-20(2,3)16(13-6-4-12(11-21)5-7-13)25-18(27)14-10-15(26)24-17(23-14)19-22-8-9-28-19/h4-10,16H,11H2,1-3H3,(H,25,27)(H,23,24,26). The van der Waals surface area contributed by atoms with E-state index in [9.17, 15) is 14.0 Å². The molecule has 0 fully saturated rings. The van der Waals surface area contributed by atoms with Gasteiger partial charge in [0.05, 0.1) is 12.2 Å². The monoisotopic (exact) mass is 384 g/mol. The predicted molar refractivity (Wildman–Crippen MR) is 101 cm³/mol. The minimum absolute atomic E-state index is 0.0495. The lowest BCUT2D eigenvalue weighted by molar-refractivity contribution is 0.0896. The van der Waals surface area contributed by atoms with Crippen LogP contribution in [0.2, 0.25) is 0 Å². The van der Waals surface area contributed by atoms with Gasteiger partial charge in [-0.1, -0.05) is 45.0 Å². The van der Waals surface area contributed by atoms with Crippen LogP contribution in [-0.2, 0) is 6.67 Å². The molecule has 0 aliphatic heterocycles. The van der Waals surface area contributed by atoms with Crippen LogP contribution in [0.3, 0.4) is 0 Å². The number of benzene rings is 1. The molecule has 1 amide bonds. The molecule has 2 aromatic heterocycles. The van der Waals surface area contributed by atoms with Crippen LogP contribution in [0.4, 0.5) is 4.39 Å². The Morgan fingerprint density at radius 2 is 2.00 bits per heavy atom. The Balaban J connectivity index is 1.91. The van der Waals surface area contributed by atoms with Crippen molar-refractivity contribution >= 4 is 5.91 Å². The van der Waals surface area contributed by atoms with Gasteiger partial charge >= 0.3 is 0 Å². The third-order valence-electron chi connectivity index (χ3n) is 4.22. The Labute approximate surface area is 161 Å². The number of hydrogen-bond acceptors (Lipinski definition) is 5. The van der Waals surface area contributed by atoms with E-state index >= 15 is 0 Å². The number of halogens is 1. The van der Waals surface area contributed by atoms with E-state index in [0.29, 0.717) is 5.56 Å². The number of aromatic nitrogens is 3. The first-order valence-electron chi connectivity index (χ1n) is 8.75. The lowest BCUT2D eigenvalue weighted by Gasteiger charge is -2.32. The van der Waals surface area contributed by atoms with E-state index < -0.39 is 18.1 Å². The van der Waals surface area contributed by atoms with E-state index in [0.717, 1.165) is 11.6 Å². The first-order chi connectivity index (χ1) is 13.3. The molecule has 0 spiro atoms. The van der Waals surface area contributed by atoms with Gasteiger partial charge in [-0.3, -0.25) is 9.59 Å². The molecule has 3 rings (SSSR count). The van der Waals surface area contributed by atoms with E-state index in [1.165, 1.54) is 12.5 Å². The number of alkyl halides is 1. The lowest BCUT2D eigenvalue weighted by atomic mass is 9.82. The van der Waals surface area contributed by atoms with Crippen LogP contribution in [0.25, 0.3) is 11.7 Å². The molecule has 3 aromatic rings. The fourth-order valence-electron chi connectivity index (χ4n) is 2.82. The smallest absolute Gasteiger partial charge is 0.270 e. The zero-order valence-corrected chi connectivity index (χ0v) is 15.8. The summed E-state index contributed by atoms with van der Waals surface area (Å²) in [5, 5.41) is 2.93. The highest BCUT2D eigenvalue weighted by Crippen LogP contribution is 2.33. The highest BCUT2D eigenvalue weighted by molar-refractivity contribution is 5.92. The summed E-state index contributed by atoms with van der Waals surface area (Å²) in [7, 11) is 0. The molecule has 2 N–H and O–H groups in total. The summed E-state index contributed by atoms with van der Waals surface area (Å²) in [6.45, 7) is 5.38. The highest BCUT2D eigenvalue weighted by atomic mass is 19.1. The largest absolute Gasteiger partial charge is 0.442 e. The summed E-state index contributed by atoms with van der Waals surface area (Å²) >= 11 is 0. The molecule has 0 saturated carbocycles. The number of amides is 1. The van der Waals surface area contributed by atoms with Gasteiger partial charge in [0.2, 0.25) is 0 Å². The summed E-state index contributed by atoms with van der Waals surface area (Å²) in [6, 6.07) is 7.69. The summed E-state index contributed by atoms with van der Waals surface area (Å²) < 4.78 is 17.9. The zero-order valence-electron chi connectivity index (χ0n) is 15.8. The predicted octanol–water partition coefficient (Wildman–Crippen LogP) is 3.41. The van der Waals surface area contributed by atoms with Crippen LogP contribution in [0.15, 0.2) is 52.0 Å². The molecule has 0 bridgehead atoms. The lowest BCUT2D eigenvalue weighted by Crippen LogP contribution is -2.37. The first-order valence-corrected chi connectivity index (χ1v) is 8.75. The van der Waals surface area contributed by atoms with E-state index in [1.807, 2.05) is 20.8 Å². The van der Waals surface area contributed by atoms with Gasteiger partial charge < -0.3 is 14.7 Å². The number of carbonyl (C=O) groups is 1. The second-order valence-electron chi connectivity index (χ2n) is 7.46. The Hall–Kier alpha value is -3.29.